The summed E-state index contributed by atoms with van der Waals surface area (Å²) < 4.78 is 4.93. The van der Waals surface area contributed by atoms with Crippen molar-refractivity contribution in [2.24, 2.45) is 5.73 Å². The molecule has 0 aromatic heterocycles. The normalized spacial score (nSPS) is 22.2. The van der Waals surface area contributed by atoms with E-state index in [4.69, 9.17) is 10.5 Å². The Labute approximate surface area is 100 Å². The summed E-state index contributed by atoms with van der Waals surface area (Å²) in [6.07, 6.45) is 0.938. The zero-order valence-corrected chi connectivity index (χ0v) is 9.85. The van der Waals surface area contributed by atoms with Crippen molar-refractivity contribution < 1.29 is 14.6 Å². The van der Waals surface area contributed by atoms with Gasteiger partial charge in [0.05, 0.1) is 13.0 Å². The minimum atomic E-state index is -0.260. The first-order chi connectivity index (χ1) is 8.13. The first kappa shape index (κ1) is 11.9. The van der Waals surface area contributed by atoms with E-state index in [1.165, 1.54) is 0 Å². The quantitative estimate of drug-likeness (QED) is 0.775. The smallest absolute Gasteiger partial charge is 0.306 e. The van der Waals surface area contributed by atoms with Crippen LogP contribution in [0.4, 0.5) is 0 Å². The van der Waals surface area contributed by atoms with Gasteiger partial charge in [0.15, 0.2) is 0 Å². The highest BCUT2D eigenvalue weighted by Crippen LogP contribution is 2.40. The number of phenolic OH excluding ortho intramolecular Hbond substituents is 1. The molecule has 0 saturated carbocycles. The van der Waals surface area contributed by atoms with E-state index in [0.29, 0.717) is 13.0 Å². The number of carbonyl (C=O) groups excluding carboxylic acids is 1. The van der Waals surface area contributed by atoms with E-state index in [2.05, 4.69) is 0 Å². The molecule has 0 heterocycles. The van der Waals surface area contributed by atoms with Gasteiger partial charge in [0.25, 0.3) is 0 Å². The Balaban J connectivity index is 2.22. The summed E-state index contributed by atoms with van der Waals surface area (Å²) in [4.78, 5) is 11.5. The van der Waals surface area contributed by atoms with Gasteiger partial charge in [0.1, 0.15) is 5.75 Å². The van der Waals surface area contributed by atoms with E-state index < -0.39 is 0 Å². The molecule has 0 fully saturated rings. The van der Waals surface area contributed by atoms with E-state index in [1.807, 2.05) is 6.07 Å². The highest BCUT2D eigenvalue weighted by atomic mass is 16.5. The maximum atomic E-state index is 11.5. The van der Waals surface area contributed by atoms with E-state index in [1.54, 1.807) is 19.1 Å². The predicted molar refractivity (Wildman–Crippen MR) is 63.8 cm³/mol. The SMILES string of the molecule is CCOC(=O)CC1c2c(O)cccc2CC1N. The maximum absolute atomic E-state index is 11.5. The van der Waals surface area contributed by atoms with Crippen molar-refractivity contribution >= 4 is 5.97 Å². The zero-order valence-electron chi connectivity index (χ0n) is 9.85. The van der Waals surface area contributed by atoms with E-state index in [9.17, 15) is 9.90 Å². The van der Waals surface area contributed by atoms with Crippen LogP contribution in [0.2, 0.25) is 0 Å². The minimum Gasteiger partial charge on any atom is -0.508 e. The molecule has 2 unspecified atom stereocenters. The third kappa shape index (κ3) is 2.26. The molecule has 2 atom stereocenters. The lowest BCUT2D eigenvalue weighted by molar-refractivity contribution is -0.143. The molecule has 4 heteroatoms. The lowest BCUT2D eigenvalue weighted by atomic mass is 9.94. The van der Waals surface area contributed by atoms with Gasteiger partial charge < -0.3 is 15.6 Å². The van der Waals surface area contributed by atoms with Gasteiger partial charge in [-0.05, 0) is 25.0 Å². The molecule has 0 spiro atoms. The van der Waals surface area contributed by atoms with E-state index >= 15 is 0 Å². The van der Waals surface area contributed by atoms with Gasteiger partial charge in [-0.15, -0.1) is 0 Å². The minimum absolute atomic E-state index is 0.122. The second kappa shape index (κ2) is 4.75. The number of nitrogens with two attached hydrogens (primary N) is 1. The Morgan fingerprint density at radius 2 is 2.35 bits per heavy atom. The van der Waals surface area contributed by atoms with Gasteiger partial charge in [-0.25, -0.2) is 0 Å². The van der Waals surface area contributed by atoms with Crippen molar-refractivity contribution in [2.45, 2.75) is 31.7 Å². The fourth-order valence-electron chi connectivity index (χ4n) is 2.47. The molecule has 0 saturated heterocycles. The number of benzene rings is 1. The lowest BCUT2D eigenvalue weighted by Crippen LogP contribution is -2.27. The van der Waals surface area contributed by atoms with Crippen LogP contribution in [0, 0.1) is 0 Å². The summed E-state index contributed by atoms with van der Waals surface area (Å²) in [6, 6.07) is 5.26. The number of carbonyl (C=O) groups is 1. The summed E-state index contributed by atoms with van der Waals surface area (Å²) in [6.45, 7) is 2.15. The van der Waals surface area contributed by atoms with Gasteiger partial charge in [-0.2, -0.15) is 0 Å². The molecule has 1 aliphatic carbocycles. The summed E-state index contributed by atoms with van der Waals surface area (Å²) in [5.74, 6) is -0.168. The van der Waals surface area contributed by atoms with Crippen LogP contribution in [0.25, 0.3) is 0 Å². The number of hydrogen-bond acceptors (Lipinski definition) is 4. The van der Waals surface area contributed by atoms with Crippen LogP contribution < -0.4 is 5.73 Å². The molecule has 2 rings (SSSR count). The molecule has 0 amide bonds. The molecule has 3 N–H and O–H groups in total. The first-order valence-corrected chi connectivity index (χ1v) is 5.85. The zero-order chi connectivity index (χ0) is 12.4. The standard InChI is InChI=1S/C13H17NO3/c1-2-17-12(16)7-9-10(14)6-8-4-3-5-11(15)13(8)9/h3-5,9-10,15H,2,6-7,14H2,1H3. The molecular weight excluding hydrogens is 218 g/mol. The Kier molecular flexibility index (Phi) is 3.33. The monoisotopic (exact) mass is 235 g/mol. The average Bonchev–Trinajstić information content (AvgIpc) is 2.57. The van der Waals surface area contributed by atoms with Gasteiger partial charge in [-0.1, -0.05) is 12.1 Å². The summed E-state index contributed by atoms with van der Waals surface area (Å²) >= 11 is 0. The Bertz CT molecular complexity index is 431. The highest BCUT2D eigenvalue weighted by Gasteiger charge is 2.34. The number of phenols is 1. The fourth-order valence-corrected chi connectivity index (χ4v) is 2.47. The molecule has 0 aliphatic heterocycles. The first-order valence-electron chi connectivity index (χ1n) is 5.85. The second-order valence-electron chi connectivity index (χ2n) is 4.33. The van der Waals surface area contributed by atoms with E-state index in [-0.39, 0.29) is 30.1 Å². The van der Waals surface area contributed by atoms with Gasteiger partial charge in [-0.3, -0.25) is 4.79 Å². The molecule has 17 heavy (non-hydrogen) atoms. The van der Waals surface area contributed by atoms with Crippen LogP contribution >= 0.6 is 0 Å². The fraction of sp³-hybridized carbons (Fsp3) is 0.462. The average molecular weight is 235 g/mol. The maximum Gasteiger partial charge on any atom is 0.306 e. The van der Waals surface area contributed by atoms with E-state index in [0.717, 1.165) is 11.1 Å². The van der Waals surface area contributed by atoms with Gasteiger partial charge in [0.2, 0.25) is 0 Å². The van der Waals surface area contributed by atoms with Crippen molar-refractivity contribution in [3.8, 4) is 5.75 Å². The topological polar surface area (TPSA) is 72.5 Å². The lowest BCUT2D eigenvalue weighted by Gasteiger charge is -2.16. The Hall–Kier alpha value is -1.55. The molecule has 92 valence electrons. The van der Waals surface area contributed by atoms with Crippen LogP contribution in [0.15, 0.2) is 18.2 Å². The third-order valence-electron chi connectivity index (χ3n) is 3.21. The number of aromatic hydroxyl groups is 1. The van der Waals surface area contributed by atoms with Crippen LogP contribution in [0.1, 0.15) is 30.4 Å². The van der Waals surface area contributed by atoms with Crippen LogP contribution in [0.3, 0.4) is 0 Å². The number of rotatable bonds is 3. The molecule has 1 aliphatic rings. The number of hydrogen-bond donors (Lipinski definition) is 2. The Morgan fingerprint density at radius 1 is 1.59 bits per heavy atom. The number of ether oxygens (including phenoxy) is 1. The number of esters is 1. The molecule has 0 radical (unpaired) electrons. The van der Waals surface area contributed by atoms with Crippen LogP contribution in [0.5, 0.6) is 5.75 Å². The third-order valence-corrected chi connectivity index (χ3v) is 3.21. The second-order valence-corrected chi connectivity index (χ2v) is 4.33. The van der Waals surface area contributed by atoms with Crippen molar-refractivity contribution in [3.05, 3.63) is 29.3 Å². The molecule has 0 bridgehead atoms. The van der Waals surface area contributed by atoms with Gasteiger partial charge in [0, 0.05) is 17.5 Å². The predicted octanol–water partition coefficient (Wildman–Crippen LogP) is 1.31. The number of fused-ring (bicyclic) bond motifs is 1. The van der Waals surface area contributed by atoms with Crippen LogP contribution in [-0.4, -0.2) is 23.7 Å². The summed E-state index contributed by atoms with van der Waals surface area (Å²) in [5.41, 5.74) is 7.87. The van der Waals surface area contributed by atoms with Crippen molar-refractivity contribution in [1.29, 1.82) is 0 Å². The van der Waals surface area contributed by atoms with Crippen molar-refractivity contribution in [1.82, 2.24) is 0 Å². The molecule has 1 aromatic rings. The summed E-state index contributed by atoms with van der Waals surface area (Å²) in [5, 5.41) is 9.85. The summed E-state index contributed by atoms with van der Waals surface area (Å²) in [7, 11) is 0. The highest BCUT2D eigenvalue weighted by molar-refractivity contribution is 5.71. The van der Waals surface area contributed by atoms with Crippen LogP contribution in [-0.2, 0) is 16.0 Å². The molecule has 1 aromatic carbocycles. The van der Waals surface area contributed by atoms with Crippen molar-refractivity contribution in [3.63, 3.8) is 0 Å². The van der Waals surface area contributed by atoms with Crippen molar-refractivity contribution in [2.75, 3.05) is 6.61 Å². The Morgan fingerprint density at radius 3 is 3.06 bits per heavy atom. The largest absolute Gasteiger partial charge is 0.508 e. The molecule has 4 nitrogen and oxygen atoms in total. The molecular formula is C13H17NO3. The van der Waals surface area contributed by atoms with Gasteiger partial charge >= 0.3 is 5.97 Å².